The van der Waals surface area contributed by atoms with Gasteiger partial charge in [-0.15, -0.1) is 0 Å². The molecule has 1 heterocycles. The maximum Gasteiger partial charge on any atom is 0.164 e. The van der Waals surface area contributed by atoms with Crippen molar-refractivity contribution in [3.8, 4) is 0 Å². The molecular formula is C9H16N4O. The first-order valence-corrected chi connectivity index (χ1v) is 4.88. The van der Waals surface area contributed by atoms with Crippen LogP contribution in [0.5, 0.6) is 0 Å². The molecule has 0 radical (unpaired) electrons. The largest absolute Gasteiger partial charge is 0.381 e. The van der Waals surface area contributed by atoms with Crippen LogP contribution in [0.2, 0.25) is 0 Å². The lowest BCUT2D eigenvalue weighted by Gasteiger charge is -2.34. The number of aryl methyl sites for hydroxylation is 1. The summed E-state index contributed by atoms with van der Waals surface area (Å²) in [4.78, 5) is 4.14. The molecule has 0 aliphatic heterocycles. The van der Waals surface area contributed by atoms with Crippen molar-refractivity contribution in [2.45, 2.75) is 31.5 Å². The number of ether oxygens (including phenoxy) is 1. The maximum atomic E-state index is 5.20. The molecule has 1 aliphatic rings. The van der Waals surface area contributed by atoms with E-state index in [9.17, 15) is 0 Å². The Labute approximate surface area is 83.5 Å². The fourth-order valence-corrected chi connectivity index (χ4v) is 1.63. The first-order chi connectivity index (χ1) is 6.78. The van der Waals surface area contributed by atoms with Gasteiger partial charge < -0.3 is 10.1 Å². The molecule has 1 N–H and O–H groups in total. The van der Waals surface area contributed by atoms with Crippen LogP contribution in [0.1, 0.15) is 18.7 Å². The van der Waals surface area contributed by atoms with Crippen LogP contribution in [0.15, 0.2) is 6.33 Å². The lowest BCUT2D eigenvalue weighted by Crippen LogP contribution is -2.44. The van der Waals surface area contributed by atoms with E-state index < -0.39 is 0 Å². The van der Waals surface area contributed by atoms with Gasteiger partial charge in [-0.1, -0.05) is 0 Å². The van der Waals surface area contributed by atoms with Crippen LogP contribution in [0, 0.1) is 0 Å². The summed E-state index contributed by atoms with van der Waals surface area (Å²) in [5.41, 5.74) is 0. The lowest BCUT2D eigenvalue weighted by atomic mass is 9.89. The Balaban J connectivity index is 1.69. The van der Waals surface area contributed by atoms with Crippen molar-refractivity contribution in [1.82, 2.24) is 20.1 Å². The van der Waals surface area contributed by atoms with Gasteiger partial charge in [-0.2, -0.15) is 5.10 Å². The maximum absolute atomic E-state index is 5.20. The number of rotatable bonds is 4. The van der Waals surface area contributed by atoms with E-state index in [1.54, 1.807) is 18.1 Å². The van der Waals surface area contributed by atoms with Gasteiger partial charge in [0.2, 0.25) is 0 Å². The van der Waals surface area contributed by atoms with E-state index in [0.29, 0.717) is 12.1 Å². The second-order valence-corrected chi connectivity index (χ2v) is 3.74. The molecule has 2 rings (SSSR count). The van der Waals surface area contributed by atoms with Crippen LogP contribution >= 0.6 is 0 Å². The Hall–Kier alpha value is -0.940. The SMILES string of the molecule is COC1CC(NCc2ncn(C)n2)C1. The third-order valence-corrected chi connectivity index (χ3v) is 2.62. The van der Waals surface area contributed by atoms with Crippen molar-refractivity contribution in [1.29, 1.82) is 0 Å². The molecule has 5 nitrogen and oxygen atoms in total. The van der Waals surface area contributed by atoms with Gasteiger partial charge in [0, 0.05) is 20.2 Å². The van der Waals surface area contributed by atoms with Gasteiger partial charge in [0.05, 0.1) is 12.6 Å². The summed E-state index contributed by atoms with van der Waals surface area (Å²) < 4.78 is 6.92. The van der Waals surface area contributed by atoms with Crippen molar-refractivity contribution in [3.05, 3.63) is 12.2 Å². The van der Waals surface area contributed by atoms with E-state index in [1.807, 2.05) is 7.05 Å². The third kappa shape index (κ3) is 2.10. The second-order valence-electron chi connectivity index (χ2n) is 3.74. The Kier molecular flexibility index (Phi) is 2.79. The molecule has 78 valence electrons. The first kappa shape index (κ1) is 9.61. The normalized spacial score (nSPS) is 26.1. The molecule has 1 aliphatic carbocycles. The predicted octanol–water partition coefficient (Wildman–Crippen LogP) is 0.0821. The molecule has 0 amide bonds. The van der Waals surface area contributed by atoms with Crippen molar-refractivity contribution in [2.75, 3.05) is 7.11 Å². The van der Waals surface area contributed by atoms with Crippen molar-refractivity contribution < 1.29 is 4.74 Å². The highest BCUT2D eigenvalue weighted by molar-refractivity contribution is 4.88. The second kappa shape index (κ2) is 4.06. The van der Waals surface area contributed by atoms with E-state index in [1.165, 1.54) is 0 Å². The van der Waals surface area contributed by atoms with Crippen LogP contribution in [-0.4, -0.2) is 34.0 Å². The summed E-state index contributed by atoms with van der Waals surface area (Å²) >= 11 is 0. The third-order valence-electron chi connectivity index (χ3n) is 2.62. The van der Waals surface area contributed by atoms with E-state index in [0.717, 1.165) is 25.2 Å². The summed E-state index contributed by atoms with van der Waals surface area (Å²) in [6.45, 7) is 0.752. The highest BCUT2D eigenvalue weighted by Gasteiger charge is 2.28. The van der Waals surface area contributed by atoms with Crippen molar-refractivity contribution in [3.63, 3.8) is 0 Å². The smallest absolute Gasteiger partial charge is 0.164 e. The number of hydrogen-bond donors (Lipinski definition) is 1. The molecule has 5 heteroatoms. The van der Waals surface area contributed by atoms with Crippen LogP contribution in [0.4, 0.5) is 0 Å². The van der Waals surface area contributed by atoms with Gasteiger partial charge in [0.15, 0.2) is 5.82 Å². The summed E-state index contributed by atoms with van der Waals surface area (Å²) in [6.07, 6.45) is 4.37. The Morgan fingerprint density at radius 1 is 1.64 bits per heavy atom. The zero-order valence-corrected chi connectivity index (χ0v) is 8.60. The quantitative estimate of drug-likeness (QED) is 0.741. The molecule has 1 aromatic rings. The van der Waals surface area contributed by atoms with Crippen LogP contribution in [0.25, 0.3) is 0 Å². The van der Waals surface area contributed by atoms with Crippen LogP contribution < -0.4 is 5.32 Å². The lowest BCUT2D eigenvalue weighted by molar-refractivity contribution is 0.0168. The topological polar surface area (TPSA) is 52.0 Å². The summed E-state index contributed by atoms with van der Waals surface area (Å²) in [7, 11) is 3.64. The van der Waals surface area contributed by atoms with Gasteiger partial charge in [-0.05, 0) is 12.8 Å². The average Bonchev–Trinajstić information content (AvgIpc) is 2.49. The van der Waals surface area contributed by atoms with E-state index in [2.05, 4.69) is 15.4 Å². The van der Waals surface area contributed by atoms with E-state index >= 15 is 0 Å². The van der Waals surface area contributed by atoms with Crippen LogP contribution in [0.3, 0.4) is 0 Å². The van der Waals surface area contributed by atoms with Crippen LogP contribution in [-0.2, 0) is 18.3 Å². The van der Waals surface area contributed by atoms with Crippen molar-refractivity contribution >= 4 is 0 Å². The zero-order valence-electron chi connectivity index (χ0n) is 8.60. The molecule has 0 saturated heterocycles. The first-order valence-electron chi connectivity index (χ1n) is 4.88. The van der Waals surface area contributed by atoms with Gasteiger partial charge in [-0.25, -0.2) is 4.98 Å². The fraction of sp³-hybridized carbons (Fsp3) is 0.778. The minimum atomic E-state index is 0.448. The molecule has 1 aromatic heterocycles. The molecule has 1 fully saturated rings. The summed E-state index contributed by atoms with van der Waals surface area (Å²) in [5.74, 6) is 0.855. The molecule has 0 bridgehead atoms. The Morgan fingerprint density at radius 2 is 2.43 bits per heavy atom. The molecule has 14 heavy (non-hydrogen) atoms. The van der Waals surface area contributed by atoms with Gasteiger partial charge in [0.25, 0.3) is 0 Å². The number of hydrogen-bond acceptors (Lipinski definition) is 4. The van der Waals surface area contributed by atoms with Gasteiger partial charge >= 0.3 is 0 Å². The minimum Gasteiger partial charge on any atom is -0.381 e. The molecule has 0 aromatic carbocycles. The van der Waals surface area contributed by atoms with Gasteiger partial charge in [-0.3, -0.25) is 4.68 Å². The highest BCUT2D eigenvalue weighted by Crippen LogP contribution is 2.22. The van der Waals surface area contributed by atoms with Crippen molar-refractivity contribution in [2.24, 2.45) is 7.05 Å². The number of methoxy groups -OCH3 is 1. The number of nitrogens with one attached hydrogen (secondary N) is 1. The highest BCUT2D eigenvalue weighted by atomic mass is 16.5. The molecule has 0 unspecified atom stereocenters. The van der Waals surface area contributed by atoms with E-state index in [-0.39, 0.29) is 0 Å². The number of nitrogens with zero attached hydrogens (tertiary/aromatic N) is 3. The fourth-order valence-electron chi connectivity index (χ4n) is 1.63. The molecule has 0 spiro atoms. The minimum absolute atomic E-state index is 0.448. The Morgan fingerprint density at radius 3 is 3.00 bits per heavy atom. The monoisotopic (exact) mass is 196 g/mol. The average molecular weight is 196 g/mol. The predicted molar refractivity (Wildman–Crippen MR) is 51.7 cm³/mol. The van der Waals surface area contributed by atoms with Gasteiger partial charge in [0.1, 0.15) is 6.33 Å². The molecular weight excluding hydrogens is 180 g/mol. The summed E-state index contributed by atoms with van der Waals surface area (Å²) in [5, 5.41) is 7.59. The summed E-state index contributed by atoms with van der Waals surface area (Å²) in [6, 6.07) is 0.573. The zero-order chi connectivity index (χ0) is 9.97. The standard InChI is InChI=1S/C9H16N4O/c1-13-6-11-9(12-13)5-10-7-3-8(4-7)14-2/h6-8,10H,3-5H2,1-2H3. The van der Waals surface area contributed by atoms with E-state index in [4.69, 9.17) is 4.74 Å². The molecule has 0 atom stereocenters. The number of aromatic nitrogens is 3. The Bertz CT molecular complexity index is 293. The molecule has 1 saturated carbocycles.